The molecule has 4 nitrogen and oxygen atoms in total. The smallest absolute Gasteiger partial charge is 0.237 e. The third-order valence-corrected chi connectivity index (χ3v) is 3.50. The molecule has 1 amide bonds. The highest BCUT2D eigenvalue weighted by molar-refractivity contribution is 5.82. The molecule has 0 radical (unpaired) electrons. The number of carbonyl (C=O) groups is 1. The van der Waals surface area contributed by atoms with Crippen LogP contribution in [0.5, 0.6) is 0 Å². The van der Waals surface area contributed by atoms with Crippen LogP contribution in [0.2, 0.25) is 0 Å². The minimum absolute atomic E-state index is 0.0348. The van der Waals surface area contributed by atoms with Gasteiger partial charge in [0.05, 0.1) is 6.04 Å². The fourth-order valence-corrected chi connectivity index (χ4v) is 2.43. The van der Waals surface area contributed by atoms with Crippen LogP contribution in [0, 0.1) is 0 Å². The van der Waals surface area contributed by atoms with Crippen LogP contribution in [-0.4, -0.2) is 36.5 Å². The second-order valence-corrected chi connectivity index (χ2v) is 4.74. The maximum Gasteiger partial charge on any atom is 0.237 e. The molecule has 1 aliphatic rings. The van der Waals surface area contributed by atoms with Gasteiger partial charge in [0.25, 0.3) is 0 Å². The summed E-state index contributed by atoms with van der Waals surface area (Å²) in [6.45, 7) is 4.69. The van der Waals surface area contributed by atoms with Crippen LogP contribution in [0.15, 0.2) is 24.3 Å². The summed E-state index contributed by atoms with van der Waals surface area (Å²) in [6.07, 6.45) is 1.83. The summed E-state index contributed by atoms with van der Waals surface area (Å²) in [5.41, 5.74) is 7.73. The van der Waals surface area contributed by atoms with Crippen LogP contribution < -0.4 is 11.1 Å². The molecular weight excluding hydrogens is 226 g/mol. The second-order valence-electron chi connectivity index (χ2n) is 4.74. The molecule has 1 atom stereocenters. The second kappa shape index (κ2) is 5.87. The Morgan fingerprint density at radius 2 is 2.11 bits per heavy atom. The summed E-state index contributed by atoms with van der Waals surface area (Å²) in [5, 5.41) is 2.92. The van der Waals surface area contributed by atoms with Gasteiger partial charge in [-0.15, -0.1) is 0 Å². The normalized spacial score (nSPS) is 20.7. The zero-order valence-electron chi connectivity index (χ0n) is 10.9. The average molecular weight is 247 g/mol. The first kappa shape index (κ1) is 12.9. The maximum absolute atomic E-state index is 11.7. The molecule has 1 unspecified atom stereocenters. The van der Waals surface area contributed by atoms with Gasteiger partial charge in [-0.3, -0.25) is 9.69 Å². The van der Waals surface area contributed by atoms with Gasteiger partial charge in [-0.2, -0.15) is 0 Å². The highest BCUT2D eigenvalue weighted by atomic mass is 16.2. The van der Waals surface area contributed by atoms with Crippen molar-refractivity contribution in [1.29, 1.82) is 0 Å². The van der Waals surface area contributed by atoms with E-state index in [0.29, 0.717) is 0 Å². The maximum atomic E-state index is 11.7. The molecule has 3 N–H and O–H groups in total. The summed E-state index contributed by atoms with van der Waals surface area (Å²) in [5.74, 6) is 0.168. The van der Waals surface area contributed by atoms with Gasteiger partial charge >= 0.3 is 0 Å². The molecular formula is C14H21N3O. The number of nitrogens with zero attached hydrogens (tertiary/aromatic N) is 1. The number of hydrogen-bond acceptors (Lipinski definition) is 3. The van der Waals surface area contributed by atoms with Crippen molar-refractivity contribution in [2.75, 3.05) is 25.4 Å². The number of carbonyl (C=O) groups excluding carboxylic acids is 1. The van der Waals surface area contributed by atoms with E-state index in [0.717, 1.165) is 38.2 Å². The first-order chi connectivity index (χ1) is 8.70. The Morgan fingerprint density at radius 1 is 1.39 bits per heavy atom. The highest BCUT2D eigenvalue weighted by Crippen LogP contribution is 2.11. The molecule has 18 heavy (non-hydrogen) atoms. The summed E-state index contributed by atoms with van der Waals surface area (Å²) < 4.78 is 0. The van der Waals surface area contributed by atoms with Gasteiger partial charge in [0, 0.05) is 25.3 Å². The molecule has 0 aliphatic carbocycles. The number of hydrogen-bond donors (Lipinski definition) is 2. The van der Waals surface area contributed by atoms with Crippen molar-refractivity contribution in [3.05, 3.63) is 29.8 Å². The van der Waals surface area contributed by atoms with Crippen LogP contribution in [0.4, 0.5) is 5.69 Å². The molecule has 1 aliphatic heterocycles. The van der Waals surface area contributed by atoms with Crippen molar-refractivity contribution in [3.63, 3.8) is 0 Å². The Hall–Kier alpha value is -1.55. The van der Waals surface area contributed by atoms with E-state index in [2.05, 4.69) is 29.3 Å². The van der Waals surface area contributed by atoms with E-state index < -0.39 is 0 Å². The van der Waals surface area contributed by atoms with E-state index in [9.17, 15) is 4.79 Å². The molecule has 0 bridgehead atoms. The van der Waals surface area contributed by atoms with Crippen LogP contribution in [0.1, 0.15) is 18.9 Å². The Kier molecular flexibility index (Phi) is 4.20. The van der Waals surface area contributed by atoms with E-state index in [1.54, 1.807) is 0 Å². The van der Waals surface area contributed by atoms with Gasteiger partial charge in [-0.05, 0) is 30.5 Å². The molecule has 0 spiro atoms. The van der Waals surface area contributed by atoms with Crippen molar-refractivity contribution in [2.45, 2.75) is 25.8 Å². The van der Waals surface area contributed by atoms with Crippen molar-refractivity contribution >= 4 is 11.6 Å². The van der Waals surface area contributed by atoms with E-state index in [4.69, 9.17) is 5.73 Å². The Balaban J connectivity index is 1.92. The lowest BCUT2D eigenvalue weighted by Gasteiger charge is -2.34. The summed E-state index contributed by atoms with van der Waals surface area (Å²) in [6, 6.07) is 8.00. The van der Waals surface area contributed by atoms with Crippen LogP contribution in [-0.2, 0) is 11.2 Å². The van der Waals surface area contributed by atoms with Crippen molar-refractivity contribution < 1.29 is 4.79 Å². The van der Waals surface area contributed by atoms with E-state index in [1.807, 2.05) is 12.1 Å². The number of anilines is 1. The van der Waals surface area contributed by atoms with E-state index in [-0.39, 0.29) is 11.9 Å². The Bertz CT molecular complexity index is 402. The molecule has 1 heterocycles. The van der Waals surface area contributed by atoms with Crippen LogP contribution in [0.25, 0.3) is 0 Å². The molecule has 2 rings (SSSR count). The third kappa shape index (κ3) is 3.01. The molecule has 0 aromatic heterocycles. The number of nitrogens with one attached hydrogen (secondary N) is 1. The molecule has 1 aromatic rings. The number of piperazine rings is 1. The lowest BCUT2D eigenvalue weighted by atomic mass is 10.1. The van der Waals surface area contributed by atoms with Gasteiger partial charge in [-0.25, -0.2) is 0 Å². The molecule has 1 aromatic carbocycles. The van der Waals surface area contributed by atoms with E-state index in [1.165, 1.54) is 5.56 Å². The van der Waals surface area contributed by atoms with Crippen LogP contribution in [0.3, 0.4) is 0 Å². The van der Waals surface area contributed by atoms with Crippen LogP contribution >= 0.6 is 0 Å². The largest absolute Gasteiger partial charge is 0.399 e. The average Bonchev–Trinajstić information content (AvgIpc) is 2.38. The Labute approximate surface area is 108 Å². The number of rotatable bonds is 4. The predicted molar refractivity (Wildman–Crippen MR) is 73.2 cm³/mol. The minimum atomic E-state index is 0.0348. The lowest BCUT2D eigenvalue weighted by Crippen LogP contribution is -2.55. The van der Waals surface area contributed by atoms with Gasteiger partial charge in [0.15, 0.2) is 0 Å². The fourth-order valence-electron chi connectivity index (χ4n) is 2.43. The van der Waals surface area contributed by atoms with Crippen molar-refractivity contribution in [2.24, 2.45) is 0 Å². The third-order valence-electron chi connectivity index (χ3n) is 3.50. The topological polar surface area (TPSA) is 58.4 Å². The summed E-state index contributed by atoms with van der Waals surface area (Å²) in [7, 11) is 0. The summed E-state index contributed by atoms with van der Waals surface area (Å²) in [4.78, 5) is 14.0. The predicted octanol–water partition coefficient (Wildman–Crippen LogP) is 1.02. The quantitative estimate of drug-likeness (QED) is 0.781. The van der Waals surface area contributed by atoms with Gasteiger partial charge in [0.2, 0.25) is 5.91 Å². The van der Waals surface area contributed by atoms with Gasteiger partial charge in [0.1, 0.15) is 0 Å². The fraction of sp³-hybridized carbons (Fsp3) is 0.500. The molecule has 1 saturated heterocycles. The SMILES string of the molecule is CCC1C(=O)NCCN1CCc1ccc(N)cc1. The first-order valence-electron chi connectivity index (χ1n) is 6.57. The number of nitrogen functional groups attached to an aromatic ring is 1. The molecule has 0 saturated carbocycles. The van der Waals surface area contributed by atoms with E-state index >= 15 is 0 Å². The number of amides is 1. The number of benzene rings is 1. The zero-order valence-corrected chi connectivity index (χ0v) is 10.9. The zero-order chi connectivity index (χ0) is 13.0. The Morgan fingerprint density at radius 3 is 2.78 bits per heavy atom. The van der Waals surface area contributed by atoms with Crippen molar-refractivity contribution in [1.82, 2.24) is 10.2 Å². The van der Waals surface area contributed by atoms with Gasteiger partial charge in [-0.1, -0.05) is 19.1 Å². The standard InChI is InChI=1S/C14H21N3O/c1-2-13-14(18)16-8-10-17(13)9-7-11-3-5-12(15)6-4-11/h3-6,13H,2,7-10,15H2,1H3,(H,16,18). The number of nitrogens with two attached hydrogens (primary N) is 1. The lowest BCUT2D eigenvalue weighted by molar-refractivity contribution is -0.129. The van der Waals surface area contributed by atoms with Gasteiger partial charge < -0.3 is 11.1 Å². The molecule has 98 valence electrons. The summed E-state index contributed by atoms with van der Waals surface area (Å²) >= 11 is 0. The highest BCUT2D eigenvalue weighted by Gasteiger charge is 2.27. The first-order valence-corrected chi connectivity index (χ1v) is 6.57. The molecule has 4 heteroatoms. The van der Waals surface area contributed by atoms with Crippen molar-refractivity contribution in [3.8, 4) is 0 Å². The molecule has 1 fully saturated rings. The monoisotopic (exact) mass is 247 g/mol. The minimum Gasteiger partial charge on any atom is -0.399 e.